The number of aryl methyl sites for hydroxylation is 1. The molecular weight excluding hydrogens is 348 g/mol. The number of carbonyl (C=O) groups excluding carboxylic acids is 1. The predicted octanol–water partition coefficient (Wildman–Crippen LogP) is 3.87. The minimum Gasteiger partial charge on any atom is -0.411 e. The number of thiophene rings is 1. The van der Waals surface area contributed by atoms with Crippen molar-refractivity contribution in [3.63, 3.8) is 0 Å². The molecule has 6 nitrogen and oxygen atoms in total. The van der Waals surface area contributed by atoms with Crippen LogP contribution in [0, 0.1) is 0 Å². The largest absolute Gasteiger partial charge is 0.411 e. The summed E-state index contributed by atoms with van der Waals surface area (Å²) in [5, 5.41) is 16.9. The molecular formula is C19H18N4O2S. The molecule has 0 fully saturated rings. The molecule has 0 saturated heterocycles. The molecule has 26 heavy (non-hydrogen) atoms. The van der Waals surface area contributed by atoms with Crippen molar-refractivity contribution in [2.45, 2.75) is 12.8 Å². The van der Waals surface area contributed by atoms with Crippen molar-refractivity contribution in [3.8, 4) is 0 Å². The summed E-state index contributed by atoms with van der Waals surface area (Å²) in [7, 11) is 3.50. The van der Waals surface area contributed by atoms with Gasteiger partial charge in [-0.2, -0.15) is 0 Å². The van der Waals surface area contributed by atoms with E-state index in [0.29, 0.717) is 4.88 Å². The molecule has 2 N–H and O–H groups in total. The Bertz CT molecular complexity index is 1040. The maximum Gasteiger partial charge on any atom is 0.265 e. The number of oxime groups is 1. The Kier molecular flexibility index (Phi) is 4.08. The highest BCUT2D eigenvalue weighted by Crippen LogP contribution is 2.38. The van der Waals surface area contributed by atoms with E-state index >= 15 is 0 Å². The second-order valence-electron chi connectivity index (χ2n) is 6.42. The number of fused-ring (bicyclic) bond motifs is 2. The summed E-state index contributed by atoms with van der Waals surface area (Å²) >= 11 is 1.44. The van der Waals surface area contributed by atoms with E-state index in [0.717, 1.165) is 51.1 Å². The third-order valence-electron chi connectivity index (χ3n) is 4.53. The molecule has 0 radical (unpaired) electrons. The molecule has 4 rings (SSSR count). The van der Waals surface area contributed by atoms with E-state index in [4.69, 9.17) is 5.21 Å². The van der Waals surface area contributed by atoms with Gasteiger partial charge in [0, 0.05) is 43.1 Å². The topological polar surface area (TPSA) is 77.8 Å². The lowest BCUT2D eigenvalue weighted by Crippen LogP contribution is -2.21. The minimum atomic E-state index is -0.0374. The fraction of sp³-hybridized carbons (Fsp3) is 0.211. The first-order valence-corrected chi connectivity index (χ1v) is 9.09. The average molecular weight is 366 g/mol. The first kappa shape index (κ1) is 16.5. The zero-order chi connectivity index (χ0) is 18.3. The second kappa shape index (κ2) is 6.42. The van der Waals surface area contributed by atoms with Gasteiger partial charge in [0.05, 0.1) is 16.1 Å². The molecule has 132 valence electrons. The third-order valence-corrected chi connectivity index (χ3v) is 5.66. The summed E-state index contributed by atoms with van der Waals surface area (Å²) in [6.07, 6.45) is 5.11. The lowest BCUT2D eigenvalue weighted by Gasteiger charge is -2.13. The van der Waals surface area contributed by atoms with E-state index in [1.165, 1.54) is 11.3 Å². The number of rotatable bonds is 3. The lowest BCUT2D eigenvalue weighted by atomic mass is 10.1. The van der Waals surface area contributed by atoms with E-state index in [9.17, 15) is 4.79 Å². The monoisotopic (exact) mass is 366 g/mol. The van der Waals surface area contributed by atoms with Crippen molar-refractivity contribution in [2.24, 2.45) is 5.16 Å². The fourth-order valence-electron chi connectivity index (χ4n) is 3.22. The molecule has 0 aliphatic heterocycles. The molecule has 1 aromatic carbocycles. The van der Waals surface area contributed by atoms with E-state index < -0.39 is 0 Å². The Balaban J connectivity index is 1.78. The van der Waals surface area contributed by atoms with Crippen molar-refractivity contribution in [3.05, 3.63) is 52.7 Å². The summed E-state index contributed by atoms with van der Waals surface area (Å²) in [4.78, 5) is 19.0. The Hall–Kier alpha value is -2.93. The summed E-state index contributed by atoms with van der Waals surface area (Å²) in [6, 6.07) is 7.89. The van der Waals surface area contributed by atoms with Crippen LogP contribution in [0.4, 0.5) is 11.4 Å². The minimum absolute atomic E-state index is 0.0374. The standard InChI is InChI=1S/C19H18N4O2S/c1-23(2)19(24)18-17(14-7-8-20-10-16(14)26-18)21-12-4-5-13-11(9-12)3-6-15(13)22-25/h4-5,7-10,21,25H,3,6H2,1-2H3/b22-15-. The number of hydrogen-bond acceptors (Lipinski definition) is 6. The molecule has 1 aliphatic carbocycles. The van der Waals surface area contributed by atoms with E-state index in [-0.39, 0.29) is 5.91 Å². The number of benzene rings is 1. The van der Waals surface area contributed by atoms with Crippen molar-refractivity contribution in [1.82, 2.24) is 9.88 Å². The molecule has 0 atom stereocenters. The van der Waals surface area contributed by atoms with Crippen LogP contribution in [0.3, 0.4) is 0 Å². The maximum atomic E-state index is 12.6. The van der Waals surface area contributed by atoms with Crippen molar-refractivity contribution >= 4 is 44.4 Å². The first-order valence-electron chi connectivity index (χ1n) is 8.28. The van der Waals surface area contributed by atoms with Crippen LogP contribution in [-0.4, -0.2) is 40.8 Å². The van der Waals surface area contributed by atoms with Gasteiger partial charge in [0.15, 0.2) is 0 Å². The average Bonchev–Trinajstić information content (AvgIpc) is 3.22. The Morgan fingerprint density at radius 3 is 2.92 bits per heavy atom. The van der Waals surface area contributed by atoms with E-state index in [2.05, 4.69) is 21.5 Å². The van der Waals surface area contributed by atoms with Crippen LogP contribution >= 0.6 is 11.3 Å². The molecule has 1 amide bonds. The number of nitrogens with one attached hydrogen (secondary N) is 1. The van der Waals surface area contributed by atoms with Gasteiger partial charge < -0.3 is 15.4 Å². The first-order chi connectivity index (χ1) is 12.6. The predicted molar refractivity (Wildman–Crippen MR) is 104 cm³/mol. The highest BCUT2D eigenvalue weighted by Gasteiger charge is 2.22. The van der Waals surface area contributed by atoms with Crippen molar-refractivity contribution in [2.75, 3.05) is 19.4 Å². The van der Waals surface area contributed by atoms with Gasteiger partial charge in [0.25, 0.3) is 5.91 Å². The van der Waals surface area contributed by atoms with Crippen LogP contribution in [0.5, 0.6) is 0 Å². The molecule has 0 spiro atoms. The third kappa shape index (κ3) is 2.70. The normalized spacial score (nSPS) is 14.6. The Labute approximate surface area is 154 Å². The quantitative estimate of drug-likeness (QED) is 0.545. The molecule has 2 aromatic heterocycles. The summed E-state index contributed by atoms with van der Waals surface area (Å²) in [5.41, 5.74) is 4.57. The summed E-state index contributed by atoms with van der Waals surface area (Å²) < 4.78 is 0.969. The number of amides is 1. The lowest BCUT2D eigenvalue weighted by molar-refractivity contribution is 0.0833. The van der Waals surface area contributed by atoms with E-state index in [1.807, 2.05) is 18.2 Å². The number of pyridine rings is 1. The summed E-state index contributed by atoms with van der Waals surface area (Å²) in [6.45, 7) is 0. The maximum absolute atomic E-state index is 12.6. The van der Waals surface area contributed by atoms with Crippen LogP contribution < -0.4 is 5.32 Å². The molecule has 0 saturated carbocycles. The zero-order valence-corrected chi connectivity index (χ0v) is 15.3. The summed E-state index contributed by atoms with van der Waals surface area (Å²) in [5.74, 6) is -0.0374. The Morgan fingerprint density at radius 2 is 2.15 bits per heavy atom. The Morgan fingerprint density at radius 1 is 1.31 bits per heavy atom. The van der Waals surface area contributed by atoms with Crippen LogP contribution in [-0.2, 0) is 6.42 Å². The van der Waals surface area contributed by atoms with Crippen molar-refractivity contribution < 1.29 is 10.0 Å². The SMILES string of the molecule is CN(C)C(=O)c1sc2cnccc2c1Nc1ccc2c(c1)CC/C2=N/O. The molecule has 1 aliphatic rings. The molecule has 3 aromatic rings. The van der Waals surface area contributed by atoms with Crippen molar-refractivity contribution in [1.29, 1.82) is 0 Å². The molecule has 2 heterocycles. The van der Waals surface area contributed by atoms with Gasteiger partial charge in [-0.05, 0) is 36.6 Å². The molecule has 0 bridgehead atoms. The number of anilines is 2. The van der Waals surface area contributed by atoms with E-state index in [1.54, 1.807) is 31.4 Å². The second-order valence-corrected chi connectivity index (χ2v) is 7.47. The van der Waals surface area contributed by atoms with Gasteiger partial charge in [-0.25, -0.2) is 0 Å². The van der Waals surface area contributed by atoms with Crippen LogP contribution in [0.2, 0.25) is 0 Å². The van der Waals surface area contributed by atoms with Gasteiger partial charge in [-0.3, -0.25) is 9.78 Å². The number of aromatic nitrogens is 1. The number of hydrogen-bond donors (Lipinski definition) is 2. The van der Waals surface area contributed by atoms with Gasteiger partial charge in [0.1, 0.15) is 4.88 Å². The number of carbonyl (C=O) groups is 1. The van der Waals surface area contributed by atoms with Crippen LogP contribution in [0.1, 0.15) is 27.2 Å². The number of nitrogens with zero attached hydrogens (tertiary/aromatic N) is 3. The highest BCUT2D eigenvalue weighted by atomic mass is 32.1. The van der Waals surface area contributed by atoms with Crippen LogP contribution in [0.25, 0.3) is 10.1 Å². The highest BCUT2D eigenvalue weighted by molar-refractivity contribution is 7.21. The molecule has 7 heteroatoms. The van der Waals surface area contributed by atoms with Gasteiger partial charge in [-0.1, -0.05) is 11.2 Å². The molecule has 0 unspecified atom stereocenters. The van der Waals surface area contributed by atoms with Gasteiger partial charge in [0.2, 0.25) is 0 Å². The fourth-order valence-corrected chi connectivity index (χ4v) is 4.37. The zero-order valence-electron chi connectivity index (χ0n) is 14.5. The smallest absolute Gasteiger partial charge is 0.265 e. The van der Waals surface area contributed by atoms with Crippen LogP contribution in [0.15, 0.2) is 41.8 Å². The van der Waals surface area contributed by atoms with Gasteiger partial charge >= 0.3 is 0 Å². The van der Waals surface area contributed by atoms with Gasteiger partial charge in [-0.15, -0.1) is 11.3 Å².